The molecule has 34 heavy (non-hydrogen) atoms. The zero-order chi connectivity index (χ0) is 24.5. The van der Waals surface area contributed by atoms with Crippen molar-refractivity contribution in [2.45, 2.75) is 51.2 Å². The molecule has 0 unspecified atom stereocenters. The molecule has 182 valence electrons. The van der Waals surface area contributed by atoms with Crippen molar-refractivity contribution in [3.63, 3.8) is 0 Å². The molecule has 4 rings (SSSR count). The lowest BCUT2D eigenvalue weighted by molar-refractivity contribution is -0.152. The van der Waals surface area contributed by atoms with Gasteiger partial charge >= 0.3 is 5.97 Å². The summed E-state index contributed by atoms with van der Waals surface area (Å²) in [6.45, 7) is 6.33. The molecule has 1 saturated heterocycles. The Bertz CT molecular complexity index is 1240. The molecule has 2 aromatic heterocycles. The van der Waals surface area contributed by atoms with Gasteiger partial charge in [-0.3, -0.25) is 4.79 Å². The first kappa shape index (κ1) is 24.1. The standard InChI is InChI=1S/C23H29N5O5S/c1-15(2)17-5-7-18(8-6-17)22-25-20(33-26-22)14-32-23(29)19-9-11-28(12-10-19)34(30,31)21-13-27(4)16(3)24-21/h5-8,13,15,19H,9-12,14H2,1-4H3. The highest BCUT2D eigenvalue weighted by atomic mass is 32.2. The number of aromatic nitrogens is 4. The van der Waals surface area contributed by atoms with E-state index in [1.54, 1.807) is 18.5 Å². The minimum Gasteiger partial charge on any atom is -0.455 e. The van der Waals surface area contributed by atoms with Crippen molar-refractivity contribution in [1.29, 1.82) is 0 Å². The Morgan fingerprint density at radius 1 is 1.18 bits per heavy atom. The lowest BCUT2D eigenvalue weighted by Crippen LogP contribution is -2.40. The predicted molar refractivity (Wildman–Crippen MR) is 123 cm³/mol. The van der Waals surface area contributed by atoms with Gasteiger partial charge in [0.2, 0.25) is 5.82 Å². The summed E-state index contributed by atoms with van der Waals surface area (Å²) >= 11 is 0. The number of hydrogen-bond acceptors (Lipinski definition) is 8. The molecule has 1 aromatic carbocycles. The summed E-state index contributed by atoms with van der Waals surface area (Å²) in [5, 5.41) is 3.99. The summed E-state index contributed by atoms with van der Waals surface area (Å²) in [4.78, 5) is 21.0. The van der Waals surface area contributed by atoms with Crippen molar-refractivity contribution in [2.24, 2.45) is 13.0 Å². The lowest BCUT2D eigenvalue weighted by Gasteiger charge is -2.29. The number of benzene rings is 1. The maximum Gasteiger partial charge on any atom is 0.309 e. The number of carbonyl (C=O) groups excluding carboxylic acids is 1. The van der Waals surface area contributed by atoms with Gasteiger partial charge in [-0.25, -0.2) is 13.4 Å². The summed E-state index contributed by atoms with van der Waals surface area (Å²) in [6.07, 6.45) is 2.25. The van der Waals surface area contributed by atoms with Crippen LogP contribution in [-0.2, 0) is 33.2 Å². The monoisotopic (exact) mass is 487 g/mol. The molecule has 0 bridgehead atoms. The molecule has 0 saturated carbocycles. The molecule has 11 heteroatoms. The SMILES string of the molecule is Cc1nc(S(=O)(=O)N2CCC(C(=O)OCc3nc(-c4ccc(C(C)C)cc4)no3)CC2)cn1C. The van der Waals surface area contributed by atoms with Crippen LogP contribution in [0.3, 0.4) is 0 Å². The molecular formula is C23H29N5O5S. The van der Waals surface area contributed by atoms with Gasteiger partial charge < -0.3 is 13.8 Å². The quantitative estimate of drug-likeness (QED) is 0.466. The lowest BCUT2D eigenvalue weighted by atomic mass is 9.98. The number of sulfonamides is 1. The van der Waals surface area contributed by atoms with E-state index in [1.165, 1.54) is 16.1 Å². The van der Waals surface area contributed by atoms with E-state index >= 15 is 0 Å². The van der Waals surface area contributed by atoms with Crippen LogP contribution < -0.4 is 0 Å². The van der Waals surface area contributed by atoms with Crippen LogP contribution in [0.2, 0.25) is 0 Å². The average molecular weight is 488 g/mol. The Morgan fingerprint density at radius 3 is 2.44 bits per heavy atom. The third-order valence-electron chi connectivity index (χ3n) is 6.12. The Labute approximate surface area is 199 Å². The first-order chi connectivity index (χ1) is 16.1. The maximum atomic E-state index is 12.8. The van der Waals surface area contributed by atoms with Gasteiger partial charge in [0.15, 0.2) is 11.6 Å². The van der Waals surface area contributed by atoms with E-state index in [2.05, 4.69) is 29.0 Å². The zero-order valence-electron chi connectivity index (χ0n) is 19.8. The molecule has 10 nitrogen and oxygen atoms in total. The fourth-order valence-electron chi connectivity index (χ4n) is 3.81. The number of nitrogens with zero attached hydrogens (tertiary/aromatic N) is 5. The highest BCUT2D eigenvalue weighted by Crippen LogP contribution is 2.25. The van der Waals surface area contributed by atoms with Crippen LogP contribution in [0.25, 0.3) is 11.4 Å². The van der Waals surface area contributed by atoms with Gasteiger partial charge in [-0.2, -0.15) is 9.29 Å². The number of esters is 1. The van der Waals surface area contributed by atoms with Crippen LogP contribution in [0.5, 0.6) is 0 Å². The molecule has 0 spiro atoms. The van der Waals surface area contributed by atoms with E-state index in [1.807, 2.05) is 24.3 Å². The summed E-state index contributed by atoms with van der Waals surface area (Å²) < 4.78 is 39.3. The van der Waals surface area contributed by atoms with E-state index < -0.39 is 16.0 Å². The fourth-order valence-corrected chi connectivity index (χ4v) is 5.31. The smallest absolute Gasteiger partial charge is 0.309 e. The Balaban J connectivity index is 1.29. The molecule has 3 aromatic rings. The van der Waals surface area contributed by atoms with E-state index in [0.717, 1.165) is 5.56 Å². The summed E-state index contributed by atoms with van der Waals surface area (Å²) in [6, 6.07) is 7.92. The third-order valence-corrected chi connectivity index (χ3v) is 7.89. The second-order valence-electron chi connectivity index (χ2n) is 8.81. The van der Waals surface area contributed by atoms with Gasteiger partial charge in [-0.1, -0.05) is 43.3 Å². The molecule has 1 aliphatic heterocycles. The minimum absolute atomic E-state index is 0.0274. The normalized spacial score (nSPS) is 15.7. The molecule has 0 radical (unpaired) electrons. The van der Waals surface area contributed by atoms with Crippen molar-refractivity contribution >= 4 is 16.0 Å². The van der Waals surface area contributed by atoms with E-state index in [4.69, 9.17) is 9.26 Å². The van der Waals surface area contributed by atoms with Crippen LogP contribution in [0.4, 0.5) is 0 Å². The average Bonchev–Trinajstić information content (AvgIpc) is 3.44. The molecule has 0 N–H and O–H groups in total. The van der Waals surface area contributed by atoms with Gasteiger partial charge in [-0.05, 0) is 31.2 Å². The number of hydrogen-bond donors (Lipinski definition) is 0. The number of aryl methyl sites for hydroxylation is 2. The maximum absolute atomic E-state index is 12.8. The topological polar surface area (TPSA) is 120 Å². The molecular weight excluding hydrogens is 458 g/mol. The molecule has 1 aliphatic rings. The van der Waals surface area contributed by atoms with Gasteiger partial charge in [0.05, 0.1) is 5.92 Å². The van der Waals surface area contributed by atoms with Gasteiger partial charge in [0.25, 0.3) is 15.9 Å². The van der Waals surface area contributed by atoms with Crippen molar-refractivity contribution < 1.29 is 22.5 Å². The van der Waals surface area contributed by atoms with Crippen LogP contribution in [0, 0.1) is 12.8 Å². The Morgan fingerprint density at radius 2 is 1.85 bits per heavy atom. The van der Waals surface area contributed by atoms with Gasteiger partial charge in [0, 0.05) is 31.9 Å². The highest BCUT2D eigenvalue weighted by molar-refractivity contribution is 7.89. The fraction of sp³-hybridized carbons (Fsp3) is 0.478. The predicted octanol–water partition coefficient (Wildman–Crippen LogP) is 3.05. The highest BCUT2D eigenvalue weighted by Gasteiger charge is 2.34. The molecule has 3 heterocycles. The van der Waals surface area contributed by atoms with E-state index in [-0.39, 0.29) is 36.5 Å². The summed E-state index contributed by atoms with van der Waals surface area (Å²) in [7, 11) is -1.93. The molecule has 0 aliphatic carbocycles. The van der Waals surface area contributed by atoms with Crippen LogP contribution in [0.1, 0.15) is 49.9 Å². The largest absolute Gasteiger partial charge is 0.455 e. The van der Waals surface area contributed by atoms with Crippen molar-refractivity contribution in [1.82, 2.24) is 24.0 Å². The second kappa shape index (κ2) is 9.67. The van der Waals surface area contributed by atoms with Crippen molar-refractivity contribution in [3.8, 4) is 11.4 Å². The van der Waals surface area contributed by atoms with Gasteiger partial charge in [-0.15, -0.1) is 0 Å². The summed E-state index contributed by atoms with van der Waals surface area (Å²) in [5.41, 5.74) is 2.04. The number of imidazole rings is 1. The number of ether oxygens (including phenoxy) is 1. The first-order valence-corrected chi connectivity index (χ1v) is 12.7. The van der Waals surface area contributed by atoms with E-state index in [0.29, 0.717) is 30.4 Å². The first-order valence-electron chi connectivity index (χ1n) is 11.2. The minimum atomic E-state index is -3.68. The Hall–Kier alpha value is -3.05. The third kappa shape index (κ3) is 5.05. The van der Waals surface area contributed by atoms with Crippen LogP contribution >= 0.6 is 0 Å². The summed E-state index contributed by atoms with van der Waals surface area (Å²) in [5.74, 6) is 0.912. The second-order valence-corrected chi connectivity index (χ2v) is 10.7. The molecule has 1 fully saturated rings. The van der Waals surface area contributed by atoms with Crippen LogP contribution in [0.15, 0.2) is 40.0 Å². The van der Waals surface area contributed by atoms with Crippen molar-refractivity contribution in [2.75, 3.05) is 13.1 Å². The molecule has 0 amide bonds. The van der Waals surface area contributed by atoms with Gasteiger partial charge in [0.1, 0.15) is 5.82 Å². The van der Waals surface area contributed by atoms with E-state index in [9.17, 15) is 13.2 Å². The Kier molecular flexibility index (Phi) is 6.85. The number of rotatable bonds is 7. The number of carbonyl (C=O) groups is 1. The van der Waals surface area contributed by atoms with Crippen LogP contribution in [-0.4, -0.2) is 51.5 Å². The van der Waals surface area contributed by atoms with Crippen molar-refractivity contribution in [3.05, 3.63) is 47.7 Å². The number of piperidine rings is 1. The zero-order valence-corrected chi connectivity index (χ0v) is 20.6. The molecule has 0 atom stereocenters.